The average molecular weight is 366 g/mol. The number of carbonyl (C=O) groups is 1. The number of benzene rings is 2. The summed E-state index contributed by atoms with van der Waals surface area (Å²) < 4.78 is 0. The Kier molecular flexibility index (Phi) is 5.24. The van der Waals surface area contributed by atoms with Crippen molar-refractivity contribution in [2.75, 3.05) is 11.1 Å². The maximum Gasteiger partial charge on any atom is 0.259 e. The van der Waals surface area contributed by atoms with Gasteiger partial charge < -0.3 is 11.1 Å². The van der Waals surface area contributed by atoms with Crippen LogP contribution in [0.4, 0.5) is 11.5 Å². The van der Waals surface area contributed by atoms with Crippen molar-refractivity contribution in [2.24, 2.45) is 0 Å². The Morgan fingerprint density at radius 3 is 2.54 bits per heavy atom. The molecule has 4 nitrogen and oxygen atoms in total. The molecule has 132 valence electrons. The first kappa shape index (κ1) is 18.0. The van der Waals surface area contributed by atoms with Gasteiger partial charge in [-0.2, -0.15) is 0 Å². The first-order valence-corrected chi connectivity index (χ1v) is 8.78. The van der Waals surface area contributed by atoms with Crippen LogP contribution < -0.4 is 11.1 Å². The van der Waals surface area contributed by atoms with Gasteiger partial charge in [0.05, 0.1) is 16.3 Å². The summed E-state index contributed by atoms with van der Waals surface area (Å²) in [5, 5.41) is 3.32. The van der Waals surface area contributed by atoms with Gasteiger partial charge in [0.1, 0.15) is 5.82 Å². The van der Waals surface area contributed by atoms with Crippen molar-refractivity contribution in [1.82, 2.24) is 4.98 Å². The van der Waals surface area contributed by atoms with E-state index in [1.54, 1.807) is 18.3 Å². The highest BCUT2D eigenvalue weighted by Crippen LogP contribution is 2.27. The Bertz CT molecular complexity index is 932. The fraction of sp³-hybridized carbons (Fsp3) is 0.143. The number of anilines is 2. The number of nitrogens with zero attached hydrogens (tertiary/aromatic N) is 1. The van der Waals surface area contributed by atoms with Crippen LogP contribution in [0.1, 0.15) is 28.4 Å². The summed E-state index contributed by atoms with van der Waals surface area (Å²) in [6.07, 6.45) is 2.65. The van der Waals surface area contributed by atoms with Crippen LogP contribution in [0.5, 0.6) is 0 Å². The van der Waals surface area contributed by atoms with Crippen LogP contribution >= 0.6 is 11.6 Å². The Morgan fingerprint density at radius 2 is 1.88 bits per heavy atom. The quantitative estimate of drug-likeness (QED) is 0.675. The number of pyridine rings is 1. The van der Waals surface area contributed by atoms with E-state index in [0.29, 0.717) is 16.3 Å². The molecule has 5 heteroatoms. The van der Waals surface area contributed by atoms with Crippen molar-refractivity contribution in [3.05, 3.63) is 76.4 Å². The van der Waals surface area contributed by atoms with Gasteiger partial charge in [-0.15, -0.1) is 0 Å². The maximum absolute atomic E-state index is 12.7. The molecule has 0 aliphatic rings. The van der Waals surface area contributed by atoms with E-state index >= 15 is 0 Å². The van der Waals surface area contributed by atoms with E-state index in [1.807, 2.05) is 31.2 Å². The molecule has 0 radical (unpaired) electrons. The van der Waals surface area contributed by atoms with Crippen LogP contribution in [0.3, 0.4) is 0 Å². The van der Waals surface area contributed by atoms with Crippen LogP contribution in [0.25, 0.3) is 11.1 Å². The van der Waals surface area contributed by atoms with Crippen molar-refractivity contribution >= 4 is 29.0 Å². The van der Waals surface area contributed by atoms with Crippen molar-refractivity contribution in [2.45, 2.75) is 20.3 Å². The second-order valence-corrected chi connectivity index (χ2v) is 6.50. The van der Waals surface area contributed by atoms with Crippen molar-refractivity contribution < 1.29 is 4.79 Å². The summed E-state index contributed by atoms with van der Waals surface area (Å²) in [7, 11) is 0. The first-order chi connectivity index (χ1) is 12.5. The van der Waals surface area contributed by atoms with E-state index in [0.717, 1.165) is 23.1 Å². The first-order valence-electron chi connectivity index (χ1n) is 8.41. The molecular weight excluding hydrogens is 346 g/mol. The van der Waals surface area contributed by atoms with Crippen molar-refractivity contribution in [3.8, 4) is 11.1 Å². The number of halogens is 1. The third-order valence-corrected chi connectivity index (χ3v) is 4.63. The number of aromatic nitrogens is 1. The minimum Gasteiger partial charge on any atom is -0.383 e. The lowest BCUT2D eigenvalue weighted by Gasteiger charge is -2.12. The molecular formula is C21H20ClN3O. The molecule has 0 saturated carbocycles. The van der Waals surface area contributed by atoms with Gasteiger partial charge in [0, 0.05) is 11.8 Å². The van der Waals surface area contributed by atoms with Gasteiger partial charge in [0.25, 0.3) is 5.91 Å². The van der Waals surface area contributed by atoms with E-state index in [2.05, 4.69) is 29.4 Å². The zero-order valence-corrected chi connectivity index (χ0v) is 15.5. The summed E-state index contributed by atoms with van der Waals surface area (Å²) >= 11 is 6.19. The predicted molar refractivity (Wildman–Crippen MR) is 108 cm³/mol. The van der Waals surface area contributed by atoms with Crippen LogP contribution in [-0.2, 0) is 6.42 Å². The molecule has 3 N–H and O–H groups in total. The third-order valence-electron chi connectivity index (χ3n) is 4.32. The average Bonchev–Trinajstić information content (AvgIpc) is 2.65. The van der Waals surface area contributed by atoms with Gasteiger partial charge >= 0.3 is 0 Å². The van der Waals surface area contributed by atoms with E-state index in [-0.39, 0.29) is 11.7 Å². The lowest BCUT2D eigenvalue weighted by molar-refractivity contribution is 0.102. The standard InChI is InChI=1S/C21H20ClN3O/c1-3-14-7-9-15(10-8-14)16-11-17(20(23)24-12-16)21(26)25-19-13(2)5-4-6-18(19)22/h4-12H,3H2,1-2H3,(H2,23,24)(H,25,26). The number of hydrogen-bond acceptors (Lipinski definition) is 3. The number of nitrogens with two attached hydrogens (primary N) is 1. The van der Waals surface area contributed by atoms with Gasteiger partial charge in [-0.3, -0.25) is 4.79 Å². The molecule has 0 spiro atoms. The number of para-hydroxylation sites is 1. The molecule has 3 aromatic rings. The number of nitrogens with one attached hydrogen (secondary N) is 1. The molecule has 0 aliphatic heterocycles. The fourth-order valence-corrected chi connectivity index (χ4v) is 2.99. The molecule has 0 atom stereocenters. The maximum atomic E-state index is 12.7. The van der Waals surface area contributed by atoms with Gasteiger partial charge in [-0.05, 0) is 42.2 Å². The molecule has 0 saturated heterocycles. The molecule has 0 unspecified atom stereocenters. The highest BCUT2D eigenvalue weighted by Gasteiger charge is 2.15. The highest BCUT2D eigenvalue weighted by molar-refractivity contribution is 6.34. The molecule has 1 aromatic heterocycles. The van der Waals surface area contributed by atoms with E-state index in [9.17, 15) is 4.79 Å². The topological polar surface area (TPSA) is 68.0 Å². The fourth-order valence-electron chi connectivity index (χ4n) is 2.72. The second kappa shape index (κ2) is 7.58. The predicted octanol–water partition coefficient (Wildman–Crippen LogP) is 5.11. The minimum atomic E-state index is -0.335. The van der Waals surface area contributed by atoms with Crippen LogP contribution in [0.2, 0.25) is 5.02 Å². The van der Waals surface area contributed by atoms with E-state index < -0.39 is 0 Å². The van der Waals surface area contributed by atoms with Gasteiger partial charge in [0.15, 0.2) is 0 Å². The van der Waals surface area contributed by atoms with E-state index in [4.69, 9.17) is 17.3 Å². The molecule has 26 heavy (non-hydrogen) atoms. The van der Waals surface area contributed by atoms with Crippen molar-refractivity contribution in [3.63, 3.8) is 0 Å². The molecule has 0 aliphatic carbocycles. The SMILES string of the molecule is CCc1ccc(-c2cnc(N)c(C(=O)Nc3c(C)cccc3Cl)c2)cc1. The lowest BCUT2D eigenvalue weighted by atomic mass is 10.0. The number of carbonyl (C=O) groups excluding carboxylic acids is 1. The molecule has 0 bridgehead atoms. The van der Waals surface area contributed by atoms with Crippen molar-refractivity contribution in [1.29, 1.82) is 0 Å². The summed E-state index contributed by atoms with van der Waals surface area (Å²) in [5.41, 5.74) is 10.8. The summed E-state index contributed by atoms with van der Waals surface area (Å²) in [6.45, 7) is 3.99. The van der Waals surface area contributed by atoms with Crippen LogP contribution in [-0.4, -0.2) is 10.9 Å². The third kappa shape index (κ3) is 3.70. The Balaban J connectivity index is 1.93. The zero-order valence-electron chi connectivity index (χ0n) is 14.7. The summed E-state index contributed by atoms with van der Waals surface area (Å²) in [4.78, 5) is 16.9. The summed E-state index contributed by atoms with van der Waals surface area (Å²) in [5.74, 6) is -0.153. The number of rotatable bonds is 4. The molecule has 2 aromatic carbocycles. The summed E-state index contributed by atoms with van der Waals surface area (Å²) in [6, 6.07) is 15.4. The Labute approximate surface area is 158 Å². The second-order valence-electron chi connectivity index (χ2n) is 6.09. The largest absolute Gasteiger partial charge is 0.383 e. The zero-order chi connectivity index (χ0) is 18.7. The molecule has 1 heterocycles. The minimum absolute atomic E-state index is 0.182. The Hall–Kier alpha value is -2.85. The van der Waals surface area contributed by atoms with Gasteiger partial charge in [-0.25, -0.2) is 4.98 Å². The molecule has 1 amide bonds. The number of aryl methyl sites for hydroxylation is 2. The number of amides is 1. The lowest BCUT2D eigenvalue weighted by Crippen LogP contribution is -2.16. The van der Waals surface area contributed by atoms with Crippen LogP contribution in [0.15, 0.2) is 54.7 Å². The molecule has 3 rings (SSSR count). The van der Waals surface area contributed by atoms with Gasteiger partial charge in [0.2, 0.25) is 0 Å². The van der Waals surface area contributed by atoms with Gasteiger partial charge in [-0.1, -0.05) is 54.9 Å². The van der Waals surface area contributed by atoms with E-state index in [1.165, 1.54) is 5.56 Å². The smallest absolute Gasteiger partial charge is 0.259 e. The number of nitrogen functional groups attached to an aromatic ring is 1. The normalized spacial score (nSPS) is 10.6. The molecule has 0 fully saturated rings. The monoisotopic (exact) mass is 365 g/mol. The Morgan fingerprint density at radius 1 is 1.15 bits per heavy atom. The highest BCUT2D eigenvalue weighted by atomic mass is 35.5. The van der Waals surface area contributed by atoms with Crippen LogP contribution in [0, 0.1) is 6.92 Å². The number of hydrogen-bond donors (Lipinski definition) is 2.